The molecule has 0 unspecified atom stereocenters. The highest BCUT2D eigenvalue weighted by Crippen LogP contribution is 2.21. The largest absolute Gasteiger partial charge is 0.348 e. The van der Waals surface area contributed by atoms with Crippen molar-refractivity contribution in [1.82, 2.24) is 10.3 Å². The molecule has 0 aliphatic rings. The van der Waals surface area contributed by atoms with Gasteiger partial charge in [-0.05, 0) is 42.0 Å². The zero-order chi connectivity index (χ0) is 13.7. The predicted molar refractivity (Wildman–Crippen MR) is 71.7 cm³/mol. The van der Waals surface area contributed by atoms with Crippen LogP contribution in [0.25, 0.3) is 11.3 Å². The Morgan fingerprint density at radius 1 is 1.32 bits per heavy atom. The minimum Gasteiger partial charge on any atom is -0.348 e. The molecular weight excluding hydrogens is 243 g/mol. The lowest BCUT2D eigenvalue weighted by atomic mass is 10.1. The van der Waals surface area contributed by atoms with Crippen LogP contribution in [0.4, 0.5) is 4.39 Å². The summed E-state index contributed by atoms with van der Waals surface area (Å²) in [6, 6.07) is 9.76. The molecule has 96 valence electrons. The van der Waals surface area contributed by atoms with Crippen molar-refractivity contribution in [2.45, 2.75) is 6.54 Å². The molecule has 0 bridgehead atoms. The first-order valence-electron chi connectivity index (χ1n) is 5.81. The second-order valence-corrected chi connectivity index (χ2v) is 3.94. The number of carbonyl (C=O) groups excluding carboxylic acids is 1. The molecule has 0 saturated carbocycles. The topological polar surface area (TPSA) is 42.0 Å². The van der Waals surface area contributed by atoms with Gasteiger partial charge in [0.25, 0.3) is 0 Å². The van der Waals surface area contributed by atoms with Gasteiger partial charge in [-0.1, -0.05) is 12.6 Å². The van der Waals surface area contributed by atoms with Gasteiger partial charge >= 0.3 is 0 Å². The molecule has 0 aliphatic carbocycles. The first-order chi connectivity index (χ1) is 9.20. The number of amides is 1. The molecule has 0 radical (unpaired) electrons. The summed E-state index contributed by atoms with van der Waals surface area (Å²) in [5, 5.41) is 2.70. The van der Waals surface area contributed by atoms with E-state index in [0.717, 1.165) is 16.8 Å². The van der Waals surface area contributed by atoms with E-state index in [-0.39, 0.29) is 11.7 Å². The third kappa shape index (κ3) is 3.25. The van der Waals surface area contributed by atoms with E-state index in [1.165, 1.54) is 18.2 Å². The average molecular weight is 256 g/mol. The molecule has 0 aliphatic heterocycles. The number of pyridine rings is 1. The van der Waals surface area contributed by atoms with Gasteiger partial charge in [0.05, 0.1) is 5.69 Å². The van der Waals surface area contributed by atoms with Crippen molar-refractivity contribution in [1.29, 1.82) is 0 Å². The molecule has 1 N–H and O–H groups in total. The molecule has 1 amide bonds. The van der Waals surface area contributed by atoms with Crippen LogP contribution in [0.3, 0.4) is 0 Å². The maximum atomic E-state index is 12.9. The van der Waals surface area contributed by atoms with Gasteiger partial charge in [-0.3, -0.25) is 9.78 Å². The Balaban J connectivity index is 2.27. The first kappa shape index (κ1) is 13.0. The first-order valence-corrected chi connectivity index (χ1v) is 5.81. The zero-order valence-corrected chi connectivity index (χ0v) is 10.3. The molecule has 1 aromatic heterocycles. The Kier molecular flexibility index (Phi) is 4.03. The number of nitrogens with zero attached hydrogens (tertiary/aromatic N) is 1. The monoisotopic (exact) mass is 256 g/mol. The molecule has 19 heavy (non-hydrogen) atoms. The number of halogens is 1. The SMILES string of the molecule is C=CC(=O)NCc1cccnc1-c1ccc(F)cc1. The number of hydrogen-bond donors (Lipinski definition) is 1. The smallest absolute Gasteiger partial charge is 0.243 e. The normalized spacial score (nSPS) is 9.95. The summed E-state index contributed by atoms with van der Waals surface area (Å²) in [5.41, 5.74) is 2.40. The van der Waals surface area contributed by atoms with E-state index in [9.17, 15) is 9.18 Å². The summed E-state index contributed by atoms with van der Waals surface area (Å²) in [6.07, 6.45) is 2.88. The Labute approximate surface area is 110 Å². The van der Waals surface area contributed by atoms with Gasteiger partial charge in [0, 0.05) is 18.3 Å². The summed E-state index contributed by atoms with van der Waals surface area (Å²) in [6.45, 7) is 3.75. The van der Waals surface area contributed by atoms with Gasteiger partial charge in [0.1, 0.15) is 5.82 Å². The number of hydrogen-bond acceptors (Lipinski definition) is 2. The summed E-state index contributed by atoms with van der Waals surface area (Å²) in [4.78, 5) is 15.5. The van der Waals surface area contributed by atoms with E-state index in [0.29, 0.717) is 6.54 Å². The van der Waals surface area contributed by atoms with Crippen LogP contribution < -0.4 is 5.32 Å². The molecule has 1 heterocycles. The van der Waals surface area contributed by atoms with E-state index < -0.39 is 0 Å². The molecule has 0 saturated heterocycles. The van der Waals surface area contributed by atoms with Gasteiger partial charge < -0.3 is 5.32 Å². The Bertz CT molecular complexity index is 593. The Morgan fingerprint density at radius 2 is 2.05 bits per heavy atom. The van der Waals surface area contributed by atoms with Crippen molar-refractivity contribution in [3.05, 3.63) is 66.6 Å². The summed E-state index contributed by atoms with van der Waals surface area (Å²) in [7, 11) is 0. The van der Waals surface area contributed by atoms with Crippen LogP contribution in [-0.2, 0) is 11.3 Å². The van der Waals surface area contributed by atoms with Crippen LogP contribution in [0.2, 0.25) is 0 Å². The second-order valence-electron chi connectivity index (χ2n) is 3.94. The molecule has 0 spiro atoms. The average Bonchev–Trinajstić information content (AvgIpc) is 2.46. The Morgan fingerprint density at radius 3 is 2.74 bits per heavy atom. The van der Waals surface area contributed by atoms with Crippen LogP contribution in [0, 0.1) is 5.82 Å². The summed E-state index contributed by atoms with van der Waals surface area (Å²) >= 11 is 0. The number of nitrogens with one attached hydrogen (secondary N) is 1. The molecule has 4 heteroatoms. The van der Waals surface area contributed by atoms with Crippen molar-refractivity contribution in [2.75, 3.05) is 0 Å². The van der Waals surface area contributed by atoms with Gasteiger partial charge in [-0.2, -0.15) is 0 Å². The minimum atomic E-state index is -0.291. The molecular formula is C15H13FN2O. The third-order valence-electron chi connectivity index (χ3n) is 2.65. The standard InChI is InChI=1S/C15H13FN2O/c1-2-14(19)18-10-12-4-3-9-17-15(12)11-5-7-13(16)8-6-11/h2-9H,1,10H2,(H,18,19). The van der Waals surface area contributed by atoms with Crippen molar-refractivity contribution >= 4 is 5.91 Å². The fraction of sp³-hybridized carbons (Fsp3) is 0.0667. The zero-order valence-electron chi connectivity index (χ0n) is 10.3. The summed E-state index contributed by atoms with van der Waals surface area (Å²) < 4.78 is 12.9. The molecule has 0 fully saturated rings. The van der Waals surface area contributed by atoms with E-state index in [1.54, 1.807) is 24.4 Å². The maximum Gasteiger partial charge on any atom is 0.243 e. The number of benzene rings is 1. The fourth-order valence-corrected chi connectivity index (χ4v) is 1.70. The van der Waals surface area contributed by atoms with Crippen molar-refractivity contribution in [3.63, 3.8) is 0 Å². The lowest BCUT2D eigenvalue weighted by Gasteiger charge is -2.09. The van der Waals surface area contributed by atoms with Gasteiger partial charge in [0.2, 0.25) is 5.91 Å². The third-order valence-corrected chi connectivity index (χ3v) is 2.65. The second kappa shape index (κ2) is 5.91. The quantitative estimate of drug-likeness (QED) is 0.854. The molecule has 3 nitrogen and oxygen atoms in total. The van der Waals surface area contributed by atoms with Gasteiger partial charge in [0.15, 0.2) is 0 Å². The van der Waals surface area contributed by atoms with Crippen LogP contribution >= 0.6 is 0 Å². The molecule has 1 aromatic carbocycles. The van der Waals surface area contributed by atoms with Crippen molar-refractivity contribution < 1.29 is 9.18 Å². The Hall–Kier alpha value is -2.49. The predicted octanol–water partition coefficient (Wildman–Crippen LogP) is 2.69. The van der Waals surface area contributed by atoms with E-state index >= 15 is 0 Å². The van der Waals surface area contributed by atoms with E-state index in [2.05, 4.69) is 16.9 Å². The molecule has 0 atom stereocenters. The summed E-state index contributed by atoms with van der Waals surface area (Å²) in [5.74, 6) is -0.532. The lowest BCUT2D eigenvalue weighted by Crippen LogP contribution is -2.20. The van der Waals surface area contributed by atoms with Crippen LogP contribution in [0.5, 0.6) is 0 Å². The van der Waals surface area contributed by atoms with Gasteiger partial charge in [-0.15, -0.1) is 0 Å². The molecule has 2 rings (SSSR count). The molecule has 2 aromatic rings. The number of rotatable bonds is 4. The van der Waals surface area contributed by atoms with Crippen LogP contribution in [0.15, 0.2) is 55.3 Å². The van der Waals surface area contributed by atoms with Crippen molar-refractivity contribution in [2.24, 2.45) is 0 Å². The lowest BCUT2D eigenvalue weighted by molar-refractivity contribution is -0.116. The van der Waals surface area contributed by atoms with E-state index in [1.807, 2.05) is 6.07 Å². The highest BCUT2D eigenvalue weighted by molar-refractivity contribution is 5.86. The number of carbonyl (C=O) groups is 1. The number of aromatic nitrogens is 1. The van der Waals surface area contributed by atoms with Crippen LogP contribution in [-0.4, -0.2) is 10.9 Å². The van der Waals surface area contributed by atoms with Crippen molar-refractivity contribution in [3.8, 4) is 11.3 Å². The van der Waals surface area contributed by atoms with Gasteiger partial charge in [-0.25, -0.2) is 4.39 Å². The van der Waals surface area contributed by atoms with Crippen LogP contribution in [0.1, 0.15) is 5.56 Å². The maximum absolute atomic E-state index is 12.9. The highest BCUT2D eigenvalue weighted by Gasteiger charge is 2.07. The minimum absolute atomic E-state index is 0.242. The highest BCUT2D eigenvalue weighted by atomic mass is 19.1. The van der Waals surface area contributed by atoms with E-state index in [4.69, 9.17) is 0 Å². The fourth-order valence-electron chi connectivity index (χ4n) is 1.70.